The number of anilines is 1. The van der Waals surface area contributed by atoms with E-state index in [2.05, 4.69) is 5.32 Å². The fraction of sp³-hybridized carbons (Fsp3) is 0.269. The van der Waals surface area contributed by atoms with Gasteiger partial charge in [-0.15, -0.1) is 0 Å². The van der Waals surface area contributed by atoms with Gasteiger partial charge in [-0.2, -0.15) is 0 Å². The first-order chi connectivity index (χ1) is 16.7. The summed E-state index contributed by atoms with van der Waals surface area (Å²) in [6.45, 7) is 6.03. The molecule has 0 aliphatic carbocycles. The molecule has 0 aliphatic rings. The predicted molar refractivity (Wildman–Crippen MR) is 133 cm³/mol. The van der Waals surface area contributed by atoms with Crippen molar-refractivity contribution in [3.8, 4) is 11.5 Å². The van der Waals surface area contributed by atoms with Crippen molar-refractivity contribution in [2.75, 3.05) is 24.1 Å². The summed E-state index contributed by atoms with van der Waals surface area (Å²) in [6, 6.07) is 17.8. The standard InChI is InChI=1S/C26H29FN2O5S/c1-4-33-23-12-6-20(7-13-23)19(3)28-26(30)18-29(22-10-8-21(27)9-11-22)35(31,32)25-16-14-24(15-17-25)34-5-2/h6-17,19H,4-5,18H2,1-3H3,(H,28,30)/t19-/m0/s1. The fourth-order valence-corrected chi connectivity index (χ4v) is 4.87. The van der Waals surface area contributed by atoms with Crippen LogP contribution in [0.1, 0.15) is 32.4 Å². The Kier molecular flexibility index (Phi) is 8.70. The maximum atomic E-state index is 13.5. The highest BCUT2D eigenvalue weighted by molar-refractivity contribution is 7.92. The number of carbonyl (C=O) groups is 1. The Morgan fingerprint density at radius 1 is 0.886 bits per heavy atom. The summed E-state index contributed by atoms with van der Waals surface area (Å²) >= 11 is 0. The Labute approximate surface area is 205 Å². The van der Waals surface area contributed by atoms with Crippen LogP contribution in [0.3, 0.4) is 0 Å². The summed E-state index contributed by atoms with van der Waals surface area (Å²) < 4.78 is 52.2. The summed E-state index contributed by atoms with van der Waals surface area (Å²) in [5.41, 5.74) is 1.01. The highest BCUT2D eigenvalue weighted by Crippen LogP contribution is 2.26. The van der Waals surface area contributed by atoms with Crippen molar-refractivity contribution in [3.63, 3.8) is 0 Å². The lowest BCUT2D eigenvalue weighted by Crippen LogP contribution is -2.41. The highest BCUT2D eigenvalue weighted by atomic mass is 32.2. The molecule has 0 unspecified atom stereocenters. The van der Waals surface area contributed by atoms with Crippen molar-refractivity contribution in [2.45, 2.75) is 31.7 Å². The summed E-state index contributed by atoms with van der Waals surface area (Å²) in [5, 5.41) is 2.83. The zero-order chi connectivity index (χ0) is 25.4. The SMILES string of the molecule is CCOc1ccc([C@H](C)NC(=O)CN(c2ccc(F)cc2)S(=O)(=O)c2ccc(OCC)cc2)cc1. The number of hydrogen-bond acceptors (Lipinski definition) is 5. The Morgan fingerprint density at radius 2 is 1.40 bits per heavy atom. The third kappa shape index (κ3) is 6.73. The van der Waals surface area contributed by atoms with Gasteiger partial charge in [0.25, 0.3) is 10.0 Å². The average Bonchev–Trinajstić information content (AvgIpc) is 2.84. The third-order valence-corrected chi connectivity index (χ3v) is 6.98. The molecule has 186 valence electrons. The molecule has 0 aliphatic heterocycles. The summed E-state index contributed by atoms with van der Waals surface area (Å²) in [5.74, 6) is 0.228. The molecule has 0 aromatic heterocycles. The fourth-order valence-electron chi connectivity index (χ4n) is 3.44. The first kappa shape index (κ1) is 26.0. The van der Waals surface area contributed by atoms with Gasteiger partial charge in [-0.1, -0.05) is 12.1 Å². The second-order valence-electron chi connectivity index (χ2n) is 7.68. The van der Waals surface area contributed by atoms with Crippen molar-refractivity contribution in [1.29, 1.82) is 0 Å². The van der Waals surface area contributed by atoms with E-state index in [0.717, 1.165) is 27.8 Å². The van der Waals surface area contributed by atoms with Gasteiger partial charge in [-0.3, -0.25) is 9.10 Å². The van der Waals surface area contributed by atoms with Crippen molar-refractivity contribution in [2.24, 2.45) is 0 Å². The van der Waals surface area contributed by atoms with Crippen LogP contribution in [-0.2, 0) is 14.8 Å². The van der Waals surface area contributed by atoms with Gasteiger partial charge in [0.2, 0.25) is 5.91 Å². The molecule has 7 nitrogen and oxygen atoms in total. The molecular weight excluding hydrogens is 471 g/mol. The smallest absolute Gasteiger partial charge is 0.264 e. The van der Waals surface area contributed by atoms with Gasteiger partial charge in [0.15, 0.2) is 0 Å². The van der Waals surface area contributed by atoms with Crippen molar-refractivity contribution in [1.82, 2.24) is 5.32 Å². The molecule has 0 saturated carbocycles. The molecule has 3 rings (SSSR count). The average molecular weight is 501 g/mol. The van der Waals surface area contributed by atoms with Crippen LogP contribution in [0.25, 0.3) is 0 Å². The van der Waals surface area contributed by atoms with Crippen LogP contribution >= 0.6 is 0 Å². The zero-order valence-electron chi connectivity index (χ0n) is 19.9. The largest absolute Gasteiger partial charge is 0.494 e. The maximum Gasteiger partial charge on any atom is 0.264 e. The van der Waals surface area contributed by atoms with Gasteiger partial charge in [0.05, 0.1) is 29.8 Å². The number of rotatable bonds is 11. The molecule has 0 spiro atoms. The van der Waals surface area contributed by atoms with Crippen LogP contribution in [-0.4, -0.2) is 34.1 Å². The Hall–Kier alpha value is -3.59. The molecule has 0 saturated heterocycles. The molecule has 3 aromatic rings. The highest BCUT2D eigenvalue weighted by Gasteiger charge is 2.28. The van der Waals surface area contributed by atoms with Gasteiger partial charge in [0, 0.05) is 0 Å². The van der Waals surface area contributed by atoms with Gasteiger partial charge >= 0.3 is 0 Å². The Balaban J connectivity index is 1.83. The lowest BCUT2D eigenvalue weighted by atomic mass is 10.1. The van der Waals surface area contributed by atoms with Gasteiger partial charge in [-0.25, -0.2) is 12.8 Å². The molecule has 0 radical (unpaired) electrons. The lowest BCUT2D eigenvalue weighted by Gasteiger charge is -2.25. The summed E-state index contributed by atoms with van der Waals surface area (Å²) in [7, 11) is -4.13. The second kappa shape index (κ2) is 11.7. The minimum atomic E-state index is -4.13. The molecule has 1 atom stereocenters. The van der Waals surface area contributed by atoms with Crippen LogP contribution < -0.4 is 19.1 Å². The van der Waals surface area contributed by atoms with Crippen LogP contribution in [0.5, 0.6) is 11.5 Å². The van der Waals surface area contributed by atoms with E-state index < -0.39 is 28.3 Å². The predicted octanol–water partition coefficient (Wildman–Crippen LogP) is 4.70. The molecule has 0 heterocycles. The number of amides is 1. The molecule has 1 amide bonds. The molecule has 0 bridgehead atoms. The number of carbonyl (C=O) groups excluding carboxylic acids is 1. The summed E-state index contributed by atoms with van der Waals surface area (Å²) in [6.07, 6.45) is 0. The summed E-state index contributed by atoms with van der Waals surface area (Å²) in [4.78, 5) is 12.9. The minimum absolute atomic E-state index is 0.0161. The first-order valence-corrected chi connectivity index (χ1v) is 12.7. The van der Waals surface area contributed by atoms with Gasteiger partial charge in [0.1, 0.15) is 23.9 Å². The Bertz CT molecular complexity index is 1210. The second-order valence-corrected chi connectivity index (χ2v) is 9.55. The number of benzene rings is 3. The number of sulfonamides is 1. The molecular formula is C26H29FN2O5S. The van der Waals surface area contributed by atoms with E-state index in [4.69, 9.17) is 9.47 Å². The van der Waals surface area contributed by atoms with E-state index in [0.29, 0.717) is 19.0 Å². The van der Waals surface area contributed by atoms with Gasteiger partial charge < -0.3 is 14.8 Å². The molecule has 3 aromatic carbocycles. The van der Waals surface area contributed by atoms with Crippen molar-refractivity contribution >= 4 is 21.6 Å². The van der Waals surface area contributed by atoms with E-state index in [1.54, 1.807) is 19.1 Å². The normalized spacial score (nSPS) is 12.0. The van der Waals surface area contributed by atoms with E-state index in [1.807, 2.05) is 38.1 Å². The van der Waals surface area contributed by atoms with Crippen LogP contribution in [0, 0.1) is 5.82 Å². The maximum absolute atomic E-state index is 13.5. The third-order valence-electron chi connectivity index (χ3n) is 5.19. The number of nitrogens with zero attached hydrogens (tertiary/aromatic N) is 1. The van der Waals surface area contributed by atoms with Crippen molar-refractivity contribution < 1.29 is 27.1 Å². The van der Waals surface area contributed by atoms with Crippen LogP contribution in [0.4, 0.5) is 10.1 Å². The van der Waals surface area contributed by atoms with Crippen molar-refractivity contribution in [3.05, 3.63) is 84.2 Å². The van der Waals surface area contributed by atoms with E-state index >= 15 is 0 Å². The number of hydrogen-bond donors (Lipinski definition) is 1. The quantitative estimate of drug-likeness (QED) is 0.413. The van der Waals surface area contributed by atoms with Crippen LogP contribution in [0.15, 0.2) is 77.7 Å². The van der Waals surface area contributed by atoms with E-state index in [1.165, 1.54) is 24.3 Å². The monoisotopic (exact) mass is 500 g/mol. The van der Waals surface area contributed by atoms with Crippen LogP contribution in [0.2, 0.25) is 0 Å². The number of ether oxygens (including phenoxy) is 2. The lowest BCUT2D eigenvalue weighted by molar-refractivity contribution is -0.120. The topological polar surface area (TPSA) is 84.9 Å². The zero-order valence-corrected chi connectivity index (χ0v) is 20.7. The van der Waals surface area contributed by atoms with Gasteiger partial charge in [-0.05, 0) is 87.0 Å². The minimum Gasteiger partial charge on any atom is -0.494 e. The van der Waals surface area contributed by atoms with E-state index in [9.17, 15) is 17.6 Å². The Morgan fingerprint density at radius 3 is 1.91 bits per heavy atom. The molecule has 1 N–H and O–H groups in total. The number of nitrogens with one attached hydrogen (secondary N) is 1. The van der Waals surface area contributed by atoms with E-state index in [-0.39, 0.29) is 16.6 Å². The first-order valence-electron chi connectivity index (χ1n) is 11.3. The number of halogens is 1. The molecule has 35 heavy (non-hydrogen) atoms. The molecule has 0 fully saturated rings. The molecule has 9 heteroatoms.